The molecule has 2 aromatic heterocycles. The molecule has 1 N–H and O–H groups in total. The molecule has 0 aliphatic carbocycles. The summed E-state index contributed by atoms with van der Waals surface area (Å²) < 4.78 is 6.97. The van der Waals surface area contributed by atoms with Crippen molar-refractivity contribution in [1.82, 2.24) is 9.55 Å². The van der Waals surface area contributed by atoms with Gasteiger partial charge in [-0.3, -0.25) is 4.98 Å². The van der Waals surface area contributed by atoms with Gasteiger partial charge in [-0.1, -0.05) is 5.69 Å². The van der Waals surface area contributed by atoms with E-state index in [0.717, 1.165) is 16.6 Å². The minimum Gasteiger partial charge on any atom is -0.870 e. The smallest absolute Gasteiger partial charge is 0.870 e. The maximum Gasteiger partial charge on any atom is 1.00 e. The van der Waals surface area contributed by atoms with Crippen molar-refractivity contribution in [3.05, 3.63) is 29.6 Å². The van der Waals surface area contributed by atoms with Crippen molar-refractivity contribution in [3.8, 4) is 0 Å². The molecular formula is C11H12LiN2O3-. The molecule has 0 fully saturated rings. The molecule has 0 saturated heterocycles. The Morgan fingerprint density at radius 1 is 1.47 bits per heavy atom. The van der Waals surface area contributed by atoms with Crippen LogP contribution >= 0.6 is 0 Å². The van der Waals surface area contributed by atoms with Crippen LogP contribution in [0.1, 0.15) is 11.3 Å². The van der Waals surface area contributed by atoms with E-state index in [1.54, 1.807) is 19.5 Å². The van der Waals surface area contributed by atoms with Gasteiger partial charge in [-0.05, 0) is 0 Å². The summed E-state index contributed by atoms with van der Waals surface area (Å²) in [5, 5.41) is 1.01. The van der Waals surface area contributed by atoms with Crippen LogP contribution in [0.25, 0.3) is 11.0 Å². The van der Waals surface area contributed by atoms with E-state index in [-0.39, 0.29) is 24.3 Å². The van der Waals surface area contributed by atoms with E-state index in [2.05, 4.69) is 4.98 Å². The van der Waals surface area contributed by atoms with Gasteiger partial charge in [-0.15, -0.1) is 6.07 Å². The second-order valence-corrected chi connectivity index (χ2v) is 3.37. The van der Waals surface area contributed by atoms with Crippen LogP contribution in [0.2, 0.25) is 0 Å². The summed E-state index contributed by atoms with van der Waals surface area (Å²) in [5.74, 6) is 0. The van der Waals surface area contributed by atoms with Crippen molar-refractivity contribution in [2.45, 2.75) is 6.61 Å². The van der Waals surface area contributed by atoms with Crippen LogP contribution in [0, 0.1) is 0 Å². The topological polar surface area (TPSA) is 74.1 Å². The van der Waals surface area contributed by atoms with Gasteiger partial charge in [0.05, 0.1) is 6.61 Å². The minimum atomic E-state index is 0. The Morgan fingerprint density at radius 2 is 2.18 bits per heavy atom. The first-order valence-electron chi connectivity index (χ1n) is 4.58. The molecule has 0 unspecified atom stereocenters. The van der Waals surface area contributed by atoms with Crippen LogP contribution in [0.5, 0.6) is 0 Å². The Bertz CT molecular complexity index is 511. The fourth-order valence-corrected chi connectivity index (χ4v) is 1.66. The van der Waals surface area contributed by atoms with Crippen molar-refractivity contribution >= 4 is 17.3 Å². The molecular weight excluding hydrogens is 215 g/mol. The Labute approximate surface area is 111 Å². The van der Waals surface area contributed by atoms with Crippen molar-refractivity contribution in [1.29, 1.82) is 0 Å². The van der Waals surface area contributed by atoms with Gasteiger partial charge >= 0.3 is 18.9 Å². The second-order valence-electron chi connectivity index (χ2n) is 3.37. The summed E-state index contributed by atoms with van der Waals surface area (Å²) in [4.78, 5) is 14.7. The molecule has 2 rings (SSSR count). The molecule has 0 amide bonds. The Morgan fingerprint density at radius 3 is 2.76 bits per heavy atom. The number of ether oxygens (including phenoxy) is 1. The summed E-state index contributed by atoms with van der Waals surface area (Å²) in [6.45, 7) is 0.545. The zero-order chi connectivity index (χ0) is 10.8. The number of nitrogens with zero attached hydrogens (tertiary/aromatic N) is 2. The van der Waals surface area contributed by atoms with E-state index in [0.29, 0.717) is 12.3 Å². The number of carbonyl (C=O) groups excluding carboxylic acids is 1. The second kappa shape index (κ2) is 6.57. The van der Waals surface area contributed by atoms with Crippen molar-refractivity contribution in [2.24, 2.45) is 7.05 Å². The molecule has 2 aromatic rings. The number of fused-ring (bicyclic) bond motifs is 1. The van der Waals surface area contributed by atoms with E-state index in [1.807, 2.05) is 23.9 Å². The number of methoxy groups -OCH3 is 1. The maximum atomic E-state index is 10.5. The molecule has 2 heterocycles. The van der Waals surface area contributed by atoms with Crippen molar-refractivity contribution in [3.63, 3.8) is 0 Å². The molecule has 0 aromatic carbocycles. The molecule has 86 valence electrons. The largest absolute Gasteiger partial charge is 1.00 e. The third-order valence-corrected chi connectivity index (χ3v) is 2.31. The Hall–Kier alpha value is -1.12. The fourth-order valence-electron chi connectivity index (χ4n) is 1.66. The number of rotatable bonds is 3. The van der Waals surface area contributed by atoms with Crippen LogP contribution in [-0.4, -0.2) is 28.4 Å². The zero-order valence-corrected chi connectivity index (χ0v) is 10.1. The molecule has 0 atom stereocenters. The number of hydrogen-bond acceptors (Lipinski definition) is 4. The van der Waals surface area contributed by atoms with Crippen molar-refractivity contribution in [2.75, 3.05) is 7.11 Å². The molecule has 0 aliphatic rings. The van der Waals surface area contributed by atoms with Crippen molar-refractivity contribution < 1.29 is 33.9 Å². The molecule has 0 saturated carbocycles. The van der Waals surface area contributed by atoms with Crippen LogP contribution in [-0.2, 0) is 23.2 Å². The third-order valence-electron chi connectivity index (χ3n) is 2.31. The number of aryl methyl sites for hydroxylation is 1. The van der Waals surface area contributed by atoms with Gasteiger partial charge in [0, 0.05) is 37.6 Å². The zero-order valence-electron chi connectivity index (χ0n) is 10.1. The first kappa shape index (κ1) is 15.9. The Balaban J connectivity index is 0.00000128. The van der Waals surface area contributed by atoms with Crippen LogP contribution in [0.15, 0.2) is 18.3 Å². The standard InChI is InChI=1S/C11H11N2O2.Li.H2O/c1-13-5-8(7-15-2)10-4-3-9(6-14)12-11(10)13;;/h3-5H,7H2,1-2H3;;1H2/q-1;+1;/p-1. The summed E-state index contributed by atoms with van der Waals surface area (Å²) in [5.41, 5.74) is 2.18. The van der Waals surface area contributed by atoms with Gasteiger partial charge in [0.15, 0.2) is 0 Å². The average molecular weight is 227 g/mol. The fraction of sp³-hybridized carbons (Fsp3) is 0.273. The summed E-state index contributed by atoms with van der Waals surface area (Å²) in [6.07, 6.45) is 3.74. The maximum absolute atomic E-state index is 10.5. The number of aromatic nitrogens is 2. The molecule has 0 bridgehead atoms. The average Bonchev–Trinajstić information content (AvgIpc) is 2.56. The minimum absolute atomic E-state index is 0. The van der Waals surface area contributed by atoms with Gasteiger partial charge in [0.1, 0.15) is 5.65 Å². The first-order valence-corrected chi connectivity index (χ1v) is 4.58. The van der Waals surface area contributed by atoms with Gasteiger partial charge in [0.25, 0.3) is 0 Å². The van der Waals surface area contributed by atoms with E-state index >= 15 is 0 Å². The predicted molar refractivity (Wildman–Crippen MR) is 58.2 cm³/mol. The van der Waals surface area contributed by atoms with Gasteiger partial charge in [0.2, 0.25) is 0 Å². The van der Waals surface area contributed by atoms with E-state index < -0.39 is 0 Å². The molecule has 17 heavy (non-hydrogen) atoms. The first-order chi connectivity index (χ1) is 7.26. The molecule has 0 aliphatic heterocycles. The van der Waals surface area contributed by atoms with E-state index in [4.69, 9.17) is 4.74 Å². The van der Waals surface area contributed by atoms with E-state index in [9.17, 15) is 4.79 Å². The summed E-state index contributed by atoms with van der Waals surface area (Å²) in [7, 11) is 3.54. The van der Waals surface area contributed by atoms with Gasteiger partial charge in [-0.2, -0.15) is 6.07 Å². The summed E-state index contributed by atoms with van der Waals surface area (Å²) in [6, 6.07) is 3.53. The van der Waals surface area contributed by atoms with Crippen LogP contribution < -0.4 is 18.9 Å². The normalized spacial score (nSPS) is 9.53. The van der Waals surface area contributed by atoms with Crippen LogP contribution in [0.4, 0.5) is 0 Å². The third kappa shape index (κ3) is 2.96. The SMILES string of the molecule is COCc1cn(C)c2nc([C-]=O)ccc12.[Li+].[OH-]. The van der Waals surface area contributed by atoms with Crippen LogP contribution in [0.3, 0.4) is 0 Å². The Kier molecular flexibility index (Phi) is 6.14. The molecule has 5 nitrogen and oxygen atoms in total. The monoisotopic (exact) mass is 227 g/mol. The van der Waals surface area contributed by atoms with Gasteiger partial charge < -0.3 is 19.6 Å². The molecule has 0 spiro atoms. The predicted octanol–water partition coefficient (Wildman–Crippen LogP) is -2.00. The number of pyridine rings is 1. The number of hydrogen-bond donors (Lipinski definition) is 0. The molecule has 0 radical (unpaired) electrons. The molecule has 6 heteroatoms. The quantitative estimate of drug-likeness (QED) is 0.449. The van der Waals surface area contributed by atoms with Gasteiger partial charge in [-0.25, -0.2) is 0 Å². The van der Waals surface area contributed by atoms with E-state index in [1.165, 1.54) is 0 Å². The summed E-state index contributed by atoms with van der Waals surface area (Å²) >= 11 is 0.